The Balaban J connectivity index is 2.39. The molecule has 2 N–H and O–H groups in total. The molecule has 7 heteroatoms. The van der Waals surface area contributed by atoms with Gasteiger partial charge in [-0.05, 0) is 11.6 Å². The Labute approximate surface area is 108 Å². The van der Waals surface area contributed by atoms with Crippen LogP contribution >= 0.6 is 0 Å². The lowest BCUT2D eigenvalue weighted by Gasteiger charge is -2.47. The quantitative estimate of drug-likeness (QED) is 0.673. The van der Waals surface area contributed by atoms with Gasteiger partial charge in [-0.15, -0.1) is 0 Å². The van der Waals surface area contributed by atoms with Crippen LogP contribution in [0.25, 0.3) is 0 Å². The molecule has 0 spiro atoms. The number of nitrogens with zero attached hydrogens (tertiary/aromatic N) is 1. The fourth-order valence-corrected chi connectivity index (χ4v) is 2.56. The molecule has 1 aromatic carbocycles. The number of methoxy groups -OCH3 is 1. The third kappa shape index (κ3) is 2.25. The topological polar surface area (TPSA) is 78.4 Å². The van der Waals surface area contributed by atoms with Gasteiger partial charge in [0.05, 0.1) is 12.0 Å². The summed E-state index contributed by atoms with van der Waals surface area (Å²) in [5, 5.41) is 10.8. The minimum atomic E-state index is -2.71. The van der Waals surface area contributed by atoms with Crippen LogP contribution in [0.5, 0.6) is 5.75 Å². The van der Waals surface area contributed by atoms with Crippen LogP contribution in [-0.4, -0.2) is 24.5 Å². The second-order valence-electron chi connectivity index (χ2n) is 4.84. The van der Waals surface area contributed by atoms with E-state index in [1.54, 1.807) is 0 Å². The van der Waals surface area contributed by atoms with E-state index in [4.69, 9.17) is 10.5 Å². The molecule has 0 unspecified atom stereocenters. The number of rotatable bonds is 4. The summed E-state index contributed by atoms with van der Waals surface area (Å²) in [6.07, 6.45) is -0.672. The monoisotopic (exact) mass is 272 g/mol. The Morgan fingerprint density at radius 1 is 1.47 bits per heavy atom. The molecule has 1 aliphatic carbocycles. The third-order valence-electron chi connectivity index (χ3n) is 3.57. The van der Waals surface area contributed by atoms with E-state index in [0.29, 0.717) is 5.56 Å². The van der Waals surface area contributed by atoms with Crippen molar-refractivity contribution in [1.29, 1.82) is 0 Å². The van der Waals surface area contributed by atoms with Crippen LogP contribution < -0.4 is 10.5 Å². The lowest BCUT2D eigenvalue weighted by molar-refractivity contribution is -0.385. The van der Waals surface area contributed by atoms with Gasteiger partial charge in [-0.2, -0.15) is 0 Å². The molecule has 0 aliphatic heterocycles. The Morgan fingerprint density at radius 2 is 2.11 bits per heavy atom. The maximum absolute atomic E-state index is 13.1. The molecular formula is C12H14F2N2O3. The molecule has 1 aliphatic rings. The van der Waals surface area contributed by atoms with Gasteiger partial charge in [0.25, 0.3) is 0 Å². The number of nitro groups is 1. The molecule has 0 bridgehead atoms. The van der Waals surface area contributed by atoms with Crippen molar-refractivity contribution in [2.45, 2.75) is 24.2 Å². The lowest BCUT2D eigenvalue weighted by atomic mass is 9.62. The van der Waals surface area contributed by atoms with E-state index in [1.807, 2.05) is 0 Å². The van der Waals surface area contributed by atoms with E-state index in [2.05, 4.69) is 0 Å². The Hall–Kier alpha value is -1.76. The minimum absolute atomic E-state index is 0.0607. The summed E-state index contributed by atoms with van der Waals surface area (Å²) in [6.45, 7) is 0.0730. The van der Waals surface area contributed by atoms with E-state index in [-0.39, 0.29) is 30.8 Å². The molecule has 0 radical (unpaired) electrons. The normalized spacial score (nSPS) is 19.6. The molecule has 19 heavy (non-hydrogen) atoms. The molecule has 104 valence electrons. The van der Waals surface area contributed by atoms with Gasteiger partial charge in [0.15, 0.2) is 5.75 Å². The van der Waals surface area contributed by atoms with Crippen LogP contribution in [0.3, 0.4) is 0 Å². The fraction of sp³-hybridized carbons (Fsp3) is 0.500. The molecule has 1 fully saturated rings. The van der Waals surface area contributed by atoms with Crippen molar-refractivity contribution >= 4 is 5.69 Å². The maximum Gasteiger partial charge on any atom is 0.310 e. The van der Waals surface area contributed by atoms with Crippen molar-refractivity contribution < 1.29 is 18.4 Å². The molecule has 0 aromatic heterocycles. The van der Waals surface area contributed by atoms with E-state index in [1.165, 1.54) is 25.3 Å². The zero-order valence-electron chi connectivity index (χ0n) is 10.4. The summed E-state index contributed by atoms with van der Waals surface area (Å²) in [4.78, 5) is 10.2. The maximum atomic E-state index is 13.1. The lowest BCUT2D eigenvalue weighted by Crippen LogP contribution is -2.53. The van der Waals surface area contributed by atoms with Gasteiger partial charge in [0.1, 0.15) is 0 Å². The number of hydrogen-bond donors (Lipinski definition) is 1. The van der Waals surface area contributed by atoms with Crippen molar-refractivity contribution in [3.05, 3.63) is 33.9 Å². The van der Waals surface area contributed by atoms with Gasteiger partial charge in [0.2, 0.25) is 5.92 Å². The average molecular weight is 272 g/mol. The van der Waals surface area contributed by atoms with Crippen LogP contribution in [0, 0.1) is 10.1 Å². The van der Waals surface area contributed by atoms with Crippen molar-refractivity contribution in [3.8, 4) is 5.75 Å². The van der Waals surface area contributed by atoms with Gasteiger partial charge in [-0.1, -0.05) is 6.07 Å². The Kier molecular flexibility index (Phi) is 3.17. The summed E-state index contributed by atoms with van der Waals surface area (Å²) in [7, 11) is 1.30. The first kappa shape index (κ1) is 13.7. The molecule has 0 amide bonds. The van der Waals surface area contributed by atoms with Gasteiger partial charge in [-0.3, -0.25) is 10.1 Å². The highest BCUT2D eigenvalue weighted by molar-refractivity contribution is 5.51. The smallest absolute Gasteiger partial charge is 0.310 e. The van der Waals surface area contributed by atoms with Crippen molar-refractivity contribution in [2.24, 2.45) is 5.73 Å². The predicted molar refractivity (Wildman–Crippen MR) is 64.6 cm³/mol. The van der Waals surface area contributed by atoms with Crippen molar-refractivity contribution in [1.82, 2.24) is 0 Å². The first-order valence-electron chi connectivity index (χ1n) is 5.74. The van der Waals surface area contributed by atoms with Crippen LogP contribution in [-0.2, 0) is 5.41 Å². The minimum Gasteiger partial charge on any atom is -0.490 e. The highest BCUT2D eigenvalue weighted by Gasteiger charge is 2.56. The number of halogens is 2. The summed E-state index contributed by atoms with van der Waals surface area (Å²) in [5.74, 6) is -2.65. The highest BCUT2D eigenvalue weighted by Crippen LogP contribution is 2.53. The molecular weight excluding hydrogens is 258 g/mol. The number of benzene rings is 1. The number of nitrogens with two attached hydrogens (primary N) is 1. The van der Waals surface area contributed by atoms with Crippen LogP contribution in [0.1, 0.15) is 18.4 Å². The molecule has 1 aromatic rings. The van der Waals surface area contributed by atoms with E-state index in [0.717, 1.165) is 0 Å². The van der Waals surface area contributed by atoms with Crippen LogP contribution in [0.15, 0.2) is 18.2 Å². The van der Waals surface area contributed by atoms with E-state index < -0.39 is 16.3 Å². The van der Waals surface area contributed by atoms with Gasteiger partial charge < -0.3 is 10.5 Å². The molecule has 0 heterocycles. The zero-order valence-corrected chi connectivity index (χ0v) is 10.4. The molecule has 2 rings (SSSR count). The number of ether oxygens (including phenoxy) is 1. The molecule has 1 saturated carbocycles. The number of hydrogen-bond acceptors (Lipinski definition) is 4. The number of nitro benzene ring substituents is 1. The Morgan fingerprint density at radius 3 is 2.53 bits per heavy atom. The van der Waals surface area contributed by atoms with Crippen molar-refractivity contribution in [3.63, 3.8) is 0 Å². The van der Waals surface area contributed by atoms with E-state index in [9.17, 15) is 18.9 Å². The SMILES string of the molecule is COc1cc(C2(CN)CC(F)(F)C2)ccc1[N+](=O)[O-]. The summed E-state index contributed by atoms with van der Waals surface area (Å²) >= 11 is 0. The largest absolute Gasteiger partial charge is 0.490 e. The third-order valence-corrected chi connectivity index (χ3v) is 3.57. The van der Waals surface area contributed by atoms with Gasteiger partial charge in [0, 0.05) is 30.9 Å². The highest BCUT2D eigenvalue weighted by atomic mass is 19.3. The zero-order chi connectivity index (χ0) is 14.3. The summed E-state index contributed by atoms with van der Waals surface area (Å²) < 4.78 is 31.1. The molecule has 0 atom stereocenters. The number of alkyl halides is 2. The average Bonchev–Trinajstić information content (AvgIpc) is 2.34. The second-order valence-corrected chi connectivity index (χ2v) is 4.84. The van der Waals surface area contributed by atoms with Gasteiger partial charge in [-0.25, -0.2) is 8.78 Å². The summed E-state index contributed by atoms with van der Waals surface area (Å²) in [6, 6.07) is 4.17. The standard InChI is InChI=1S/C12H14F2N2O3/c1-19-10-4-8(2-3-9(10)16(17)18)11(7-15)5-12(13,14)6-11/h2-4H,5-7,15H2,1H3. The summed E-state index contributed by atoms with van der Waals surface area (Å²) in [5.41, 5.74) is 5.16. The van der Waals surface area contributed by atoms with Gasteiger partial charge >= 0.3 is 5.69 Å². The van der Waals surface area contributed by atoms with Crippen molar-refractivity contribution in [2.75, 3.05) is 13.7 Å². The van der Waals surface area contributed by atoms with Crippen LogP contribution in [0.4, 0.5) is 14.5 Å². The van der Waals surface area contributed by atoms with Crippen LogP contribution in [0.2, 0.25) is 0 Å². The molecule has 0 saturated heterocycles. The second kappa shape index (κ2) is 4.41. The Bertz CT molecular complexity index is 512. The predicted octanol–water partition coefficient (Wildman–Crippen LogP) is 2.23. The van der Waals surface area contributed by atoms with E-state index >= 15 is 0 Å². The first-order chi connectivity index (χ1) is 8.83. The fourth-order valence-electron chi connectivity index (χ4n) is 2.56. The molecule has 5 nitrogen and oxygen atoms in total. The first-order valence-corrected chi connectivity index (χ1v) is 5.74.